The average Bonchev–Trinajstić information content (AvgIpc) is 3.48. The van der Waals surface area contributed by atoms with Gasteiger partial charge in [-0.1, -0.05) is 42.5 Å². The number of ether oxygens (including phenoxy) is 2. The Morgan fingerprint density at radius 3 is 2.50 bits per heavy atom. The van der Waals surface area contributed by atoms with Crippen LogP contribution in [-0.4, -0.2) is 25.6 Å². The van der Waals surface area contributed by atoms with Gasteiger partial charge < -0.3 is 14.8 Å². The van der Waals surface area contributed by atoms with E-state index in [1.54, 1.807) is 20.1 Å². The quantitative estimate of drug-likeness (QED) is 0.523. The fourth-order valence-corrected chi connectivity index (χ4v) is 4.55. The Morgan fingerprint density at radius 2 is 1.83 bits per heavy atom. The van der Waals surface area contributed by atoms with E-state index in [1.807, 2.05) is 54.6 Å². The highest BCUT2D eigenvalue weighted by Crippen LogP contribution is 2.49. The van der Waals surface area contributed by atoms with Crippen LogP contribution in [0.4, 0.5) is 5.00 Å². The first kappa shape index (κ1) is 20.2. The standard InChI is InChI=1S/C24H23NO4S/c1-3-29-24(27)20-14-21(16-7-5-4-6-8-16)30-23(20)25-22(26)19-13-18(19)15-9-11-17(28-2)12-10-15/h4-12,14,18-19H,3,13H2,1-2H3,(H,25,26). The van der Waals surface area contributed by atoms with E-state index in [2.05, 4.69) is 5.32 Å². The fraction of sp³-hybridized carbons (Fsp3) is 0.250. The molecule has 2 aromatic carbocycles. The van der Waals surface area contributed by atoms with Gasteiger partial charge in [-0.15, -0.1) is 11.3 Å². The Labute approximate surface area is 179 Å². The van der Waals surface area contributed by atoms with Crippen molar-refractivity contribution in [3.8, 4) is 16.2 Å². The van der Waals surface area contributed by atoms with Gasteiger partial charge in [0.2, 0.25) is 5.91 Å². The van der Waals surface area contributed by atoms with Gasteiger partial charge in [-0.2, -0.15) is 0 Å². The summed E-state index contributed by atoms with van der Waals surface area (Å²) in [5, 5.41) is 3.52. The zero-order valence-corrected chi connectivity index (χ0v) is 17.7. The largest absolute Gasteiger partial charge is 0.497 e. The third-order valence-electron chi connectivity index (χ3n) is 5.19. The minimum absolute atomic E-state index is 0.0668. The van der Waals surface area contributed by atoms with E-state index >= 15 is 0 Å². The number of thiophene rings is 1. The van der Waals surface area contributed by atoms with Crippen LogP contribution in [0.1, 0.15) is 35.2 Å². The van der Waals surface area contributed by atoms with Crippen LogP contribution < -0.4 is 10.1 Å². The van der Waals surface area contributed by atoms with Crippen LogP contribution in [0.25, 0.3) is 10.4 Å². The van der Waals surface area contributed by atoms with Crippen molar-refractivity contribution >= 4 is 28.2 Å². The van der Waals surface area contributed by atoms with Crippen LogP contribution in [0.5, 0.6) is 5.75 Å². The molecule has 0 spiro atoms. The second-order valence-corrected chi connectivity index (χ2v) is 8.20. The van der Waals surface area contributed by atoms with E-state index in [9.17, 15) is 9.59 Å². The number of amides is 1. The number of rotatable bonds is 7. The molecular weight excluding hydrogens is 398 g/mol. The lowest BCUT2D eigenvalue weighted by atomic mass is 10.1. The highest BCUT2D eigenvalue weighted by Gasteiger charge is 2.44. The van der Waals surface area contributed by atoms with Gasteiger partial charge in [0, 0.05) is 10.8 Å². The molecule has 1 aliphatic rings. The minimum Gasteiger partial charge on any atom is -0.497 e. The molecule has 3 aromatic rings. The minimum atomic E-state index is -0.422. The zero-order chi connectivity index (χ0) is 21.1. The molecule has 2 atom stereocenters. The van der Waals surface area contributed by atoms with Gasteiger partial charge in [0.15, 0.2) is 0 Å². The van der Waals surface area contributed by atoms with Gasteiger partial charge in [0.1, 0.15) is 10.8 Å². The molecule has 0 radical (unpaired) electrons. The maximum atomic E-state index is 12.9. The van der Waals surface area contributed by atoms with Crippen molar-refractivity contribution in [2.45, 2.75) is 19.3 Å². The third-order valence-corrected chi connectivity index (χ3v) is 6.29. The lowest BCUT2D eigenvalue weighted by molar-refractivity contribution is -0.117. The number of carbonyl (C=O) groups is 2. The van der Waals surface area contributed by atoms with Crippen LogP contribution in [0.2, 0.25) is 0 Å². The van der Waals surface area contributed by atoms with E-state index in [4.69, 9.17) is 9.47 Å². The number of hydrogen-bond donors (Lipinski definition) is 1. The molecule has 1 saturated carbocycles. The summed E-state index contributed by atoms with van der Waals surface area (Å²) < 4.78 is 10.4. The summed E-state index contributed by atoms with van der Waals surface area (Å²) in [6.45, 7) is 2.05. The number of hydrogen-bond acceptors (Lipinski definition) is 5. The zero-order valence-electron chi connectivity index (χ0n) is 16.9. The summed E-state index contributed by atoms with van der Waals surface area (Å²) in [4.78, 5) is 26.2. The summed E-state index contributed by atoms with van der Waals surface area (Å²) in [6, 6.07) is 19.4. The summed E-state index contributed by atoms with van der Waals surface area (Å²) >= 11 is 1.39. The van der Waals surface area contributed by atoms with Crippen LogP contribution in [0, 0.1) is 5.92 Å². The lowest BCUT2D eigenvalue weighted by Crippen LogP contribution is -2.16. The molecule has 4 rings (SSSR count). The van der Waals surface area contributed by atoms with Gasteiger partial charge in [0.05, 0.1) is 19.3 Å². The van der Waals surface area contributed by atoms with E-state index in [-0.39, 0.29) is 24.3 Å². The monoisotopic (exact) mass is 421 g/mol. The highest BCUT2D eigenvalue weighted by molar-refractivity contribution is 7.20. The van der Waals surface area contributed by atoms with E-state index < -0.39 is 5.97 Å². The van der Waals surface area contributed by atoms with Crippen molar-refractivity contribution in [1.29, 1.82) is 0 Å². The molecule has 1 N–H and O–H groups in total. The SMILES string of the molecule is CCOC(=O)c1cc(-c2ccccc2)sc1NC(=O)C1CC1c1ccc(OC)cc1. The fourth-order valence-electron chi connectivity index (χ4n) is 3.50. The molecule has 0 bridgehead atoms. The molecule has 5 nitrogen and oxygen atoms in total. The molecule has 30 heavy (non-hydrogen) atoms. The van der Waals surface area contributed by atoms with Crippen molar-refractivity contribution in [3.05, 3.63) is 71.8 Å². The van der Waals surface area contributed by atoms with E-state index in [0.717, 1.165) is 28.2 Å². The third kappa shape index (κ3) is 4.24. The molecule has 6 heteroatoms. The molecule has 1 aromatic heterocycles. The van der Waals surface area contributed by atoms with Crippen molar-refractivity contribution in [2.24, 2.45) is 5.92 Å². The molecule has 1 aliphatic carbocycles. The molecule has 1 fully saturated rings. The van der Waals surface area contributed by atoms with Crippen LogP contribution in [0.15, 0.2) is 60.7 Å². The normalized spacial score (nSPS) is 17.3. The smallest absolute Gasteiger partial charge is 0.341 e. The Balaban J connectivity index is 1.52. The van der Waals surface area contributed by atoms with Crippen LogP contribution >= 0.6 is 11.3 Å². The molecule has 1 amide bonds. The Hall–Kier alpha value is -3.12. The first-order chi connectivity index (χ1) is 14.6. The molecule has 1 heterocycles. The van der Waals surface area contributed by atoms with E-state index in [0.29, 0.717) is 10.6 Å². The average molecular weight is 422 g/mol. The second kappa shape index (κ2) is 8.71. The lowest BCUT2D eigenvalue weighted by Gasteiger charge is -2.06. The first-order valence-corrected chi connectivity index (χ1v) is 10.7. The predicted molar refractivity (Wildman–Crippen MR) is 118 cm³/mol. The number of methoxy groups -OCH3 is 1. The summed E-state index contributed by atoms with van der Waals surface area (Å²) in [5.41, 5.74) is 2.52. The molecular formula is C24H23NO4S. The number of carbonyl (C=O) groups excluding carboxylic acids is 2. The summed E-state index contributed by atoms with van der Waals surface area (Å²) in [5.74, 6) is 0.397. The van der Waals surface area contributed by atoms with Crippen molar-refractivity contribution in [1.82, 2.24) is 0 Å². The Kier molecular flexibility index (Phi) is 5.86. The Bertz CT molecular complexity index is 1040. The number of benzene rings is 2. The Morgan fingerprint density at radius 1 is 1.10 bits per heavy atom. The summed E-state index contributed by atoms with van der Waals surface area (Å²) in [6.07, 6.45) is 0.795. The van der Waals surface area contributed by atoms with Crippen molar-refractivity contribution < 1.29 is 19.1 Å². The van der Waals surface area contributed by atoms with Gasteiger partial charge >= 0.3 is 5.97 Å². The summed E-state index contributed by atoms with van der Waals surface area (Å²) in [7, 11) is 1.63. The second-order valence-electron chi connectivity index (χ2n) is 7.15. The predicted octanol–water partition coefficient (Wildman–Crippen LogP) is 5.34. The van der Waals surface area contributed by atoms with Gasteiger partial charge in [-0.3, -0.25) is 4.79 Å². The maximum Gasteiger partial charge on any atom is 0.341 e. The number of nitrogens with one attached hydrogen (secondary N) is 1. The van der Waals surface area contributed by atoms with Crippen LogP contribution in [-0.2, 0) is 9.53 Å². The molecule has 0 saturated heterocycles. The van der Waals surface area contributed by atoms with Crippen LogP contribution in [0.3, 0.4) is 0 Å². The van der Waals surface area contributed by atoms with E-state index in [1.165, 1.54) is 11.3 Å². The van der Waals surface area contributed by atoms with Crippen molar-refractivity contribution in [3.63, 3.8) is 0 Å². The molecule has 0 aliphatic heterocycles. The topological polar surface area (TPSA) is 64.6 Å². The van der Waals surface area contributed by atoms with Gasteiger partial charge in [-0.25, -0.2) is 4.79 Å². The van der Waals surface area contributed by atoms with Crippen molar-refractivity contribution in [2.75, 3.05) is 19.0 Å². The first-order valence-electron chi connectivity index (χ1n) is 9.92. The highest BCUT2D eigenvalue weighted by atomic mass is 32.1. The number of anilines is 1. The molecule has 2 unspecified atom stereocenters. The van der Waals surface area contributed by atoms with Gasteiger partial charge in [-0.05, 0) is 48.6 Å². The number of esters is 1. The molecule has 154 valence electrons. The van der Waals surface area contributed by atoms with Gasteiger partial charge in [0.25, 0.3) is 0 Å². The maximum absolute atomic E-state index is 12.9.